The Morgan fingerprint density at radius 1 is 1.16 bits per heavy atom. The molecule has 1 aliphatic rings. The smallest absolute Gasteiger partial charge is 0.227 e. The highest BCUT2D eigenvalue weighted by Crippen LogP contribution is 2.32. The van der Waals surface area contributed by atoms with Gasteiger partial charge in [0.15, 0.2) is 0 Å². The van der Waals surface area contributed by atoms with Gasteiger partial charge in [-0.2, -0.15) is 0 Å². The van der Waals surface area contributed by atoms with E-state index in [1.165, 1.54) is 0 Å². The van der Waals surface area contributed by atoms with Crippen molar-refractivity contribution in [1.29, 1.82) is 0 Å². The average molecular weight is 421 g/mol. The van der Waals surface area contributed by atoms with E-state index < -0.39 is 0 Å². The van der Waals surface area contributed by atoms with Gasteiger partial charge in [0.05, 0.1) is 18.7 Å². The van der Waals surface area contributed by atoms with Gasteiger partial charge in [0, 0.05) is 24.3 Å². The maximum absolute atomic E-state index is 13.1. The Morgan fingerprint density at radius 2 is 1.97 bits per heavy atom. The number of rotatable bonds is 6. The third-order valence-corrected chi connectivity index (χ3v) is 5.66. The van der Waals surface area contributed by atoms with E-state index in [9.17, 15) is 4.79 Å². The minimum atomic E-state index is -0.161. The summed E-state index contributed by atoms with van der Waals surface area (Å²) in [5.41, 5.74) is 4.77. The molecule has 31 heavy (non-hydrogen) atoms. The first kappa shape index (κ1) is 21.1. The average Bonchev–Trinajstić information content (AvgIpc) is 2.98. The van der Waals surface area contributed by atoms with E-state index in [1.807, 2.05) is 56.0 Å². The molecule has 1 atom stereocenters. The molecule has 4 rings (SSSR count). The second-order valence-corrected chi connectivity index (χ2v) is 7.76. The molecular formula is C25H28N2O4. The number of fused-ring (bicyclic) bond motifs is 1. The number of carbonyl (C=O) groups excluding carboxylic acids is 1. The fourth-order valence-electron chi connectivity index (χ4n) is 3.99. The molecule has 1 unspecified atom stereocenters. The van der Waals surface area contributed by atoms with Crippen molar-refractivity contribution >= 4 is 5.91 Å². The van der Waals surface area contributed by atoms with Crippen molar-refractivity contribution in [3.63, 3.8) is 0 Å². The number of aromatic nitrogens is 1. The second kappa shape index (κ2) is 9.35. The van der Waals surface area contributed by atoms with E-state index in [1.54, 1.807) is 0 Å². The molecule has 1 amide bonds. The van der Waals surface area contributed by atoms with Crippen molar-refractivity contribution in [3.8, 4) is 5.75 Å². The number of ether oxygens (including phenoxy) is 2. The number of hydrogen-bond donors (Lipinski definition) is 0. The minimum absolute atomic E-state index is 0.0423. The van der Waals surface area contributed by atoms with Gasteiger partial charge in [0.1, 0.15) is 24.2 Å². The van der Waals surface area contributed by atoms with E-state index in [2.05, 4.69) is 23.4 Å². The van der Waals surface area contributed by atoms with Gasteiger partial charge >= 0.3 is 0 Å². The van der Waals surface area contributed by atoms with Crippen molar-refractivity contribution in [2.75, 3.05) is 19.8 Å². The first-order valence-electron chi connectivity index (χ1n) is 10.7. The first-order chi connectivity index (χ1) is 15.1. The van der Waals surface area contributed by atoms with Crippen LogP contribution in [-0.4, -0.2) is 35.7 Å². The third-order valence-electron chi connectivity index (χ3n) is 5.66. The molecular weight excluding hydrogens is 392 g/mol. The summed E-state index contributed by atoms with van der Waals surface area (Å²) in [5.74, 6) is 1.56. The molecule has 162 valence electrons. The molecule has 6 nitrogen and oxygen atoms in total. The molecule has 0 saturated carbocycles. The number of amides is 1. The van der Waals surface area contributed by atoms with Gasteiger partial charge in [-0.15, -0.1) is 0 Å². The Balaban J connectivity index is 1.58. The van der Waals surface area contributed by atoms with E-state index in [4.69, 9.17) is 14.0 Å². The van der Waals surface area contributed by atoms with Crippen molar-refractivity contribution in [2.45, 2.75) is 39.8 Å². The number of benzene rings is 2. The normalized spacial score (nSPS) is 14.5. The molecule has 0 aliphatic carbocycles. The molecule has 0 N–H and O–H groups in total. The van der Waals surface area contributed by atoms with Crippen LogP contribution in [0.3, 0.4) is 0 Å². The highest BCUT2D eigenvalue weighted by atomic mass is 16.5. The lowest BCUT2D eigenvalue weighted by Crippen LogP contribution is -2.33. The van der Waals surface area contributed by atoms with Gasteiger partial charge in [-0.3, -0.25) is 4.79 Å². The van der Waals surface area contributed by atoms with E-state index in [0.717, 1.165) is 33.7 Å². The van der Waals surface area contributed by atoms with Crippen LogP contribution in [0.25, 0.3) is 0 Å². The second-order valence-electron chi connectivity index (χ2n) is 7.76. The van der Waals surface area contributed by atoms with Gasteiger partial charge in [-0.25, -0.2) is 0 Å². The molecule has 2 aromatic carbocycles. The molecule has 0 bridgehead atoms. The molecule has 3 aromatic rings. The summed E-state index contributed by atoms with van der Waals surface area (Å²) in [6.07, 6.45) is 0.119. The lowest BCUT2D eigenvalue weighted by molar-refractivity contribution is -0.131. The van der Waals surface area contributed by atoms with Gasteiger partial charge in [0.25, 0.3) is 0 Å². The molecule has 2 heterocycles. The maximum atomic E-state index is 13.1. The van der Waals surface area contributed by atoms with Crippen LogP contribution < -0.4 is 4.74 Å². The zero-order valence-electron chi connectivity index (χ0n) is 18.3. The molecule has 1 aliphatic heterocycles. The fourth-order valence-corrected chi connectivity index (χ4v) is 3.99. The van der Waals surface area contributed by atoms with Crippen LogP contribution in [0.4, 0.5) is 0 Å². The van der Waals surface area contributed by atoms with Crippen molar-refractivity contribution in [1.82, 2.24) is 10.1 Å². The van der Waals surface area contributed by atoms with Crippen molar-refractivity contribution in [3.05, 3.63) is 82.2 Å². The molecule has 6 heteroatoms. The summed E-state index contributed by atoms with van der Waals surface area (Å²) in [6.45, 7) is 7.82. The van der Waals surface area contributed by atoms with Crippen molar-refractivity contribution < 1.29 is 18.8 Å². The maximum Gasteiger partial charge on any atom is 0.227 e. The minimum Gasteiger partial charge on any atom is -0.491 e. The Labute approximate surface area is 182 Å². The lowest BCUT2D eigenvalue weighted by Gasteiger charge is -2.22. The third kappa shape index (κ3) is 4.64. The molecule has 0 saturated heterocycles. The number of carbonyl (C=O) groups is 1. The topological polar surface area (TPSA) is 64.8 Å². The Hall–Kier alpha value is -3.12. The Bertz CT molecular complexity index is 1030. The number of aryl methyl sites for hydroxylation is 2. The van der Waals surface area contributed by atoms with Crippen LogP contribution in [0.1, 0.15) is 46.7 Å². The summed E-state index contributed by atoms with van der Waals surface area (Å²) in [5, 5.41) is 3.96. The zero-order chi connectivity index (χ0) is 21.8. The fraction of sp³-hybridized carbons (Fsp3) is 0.360. The van der Waals surface area contributed by atoms with Crippen LogP contribution in [-0.2, 0) is 22.5 Å². The number of hydrogen-bond acceptors (Lipinski definition) is 5. The highest BCUT2D eigenvalue weighted by molar-refractivity contribution is 5.79. The molecule has 0 radical (unpaired) electrons. The van der Waals surface area contributed by atoms with Gasteiger partial charge in [0.2, 0.25) is 5.91 Å². The Kier molecular flexibility index (Phi) is 6.37. The zero-order valence-corrected chi connectivity index (χ0v) is 18.3. The van der Waals surface area contributed by atoms with Crippen LogP contribution >= 0.6 is 0 Å². The predicted octanol–water partition coefficient (Wildman–Crippen LogP) is 4.38. The first-order valence-corrected chi connectivity index (χ1v) is 10.7. The van der Waals surface area contributed by atoms with E-state index >= 15 is 0 Å². The van der Waals surface area contributed by atoms with E-state index in [-0.39, 0.29) is 18.4 Å². The summed E-state index contributed by atoms with van der Waals surface area (Å²) in [6, 6.07) is 16.3. The van der Waals surface area contributed by atoms with Gasteiger partial charge in [-0.05, 0) is 44.0 Å². The number of nitrogens with zero attached hydrogens (tertiary/aromatic N) is 2. The predicted molar refractivity (Wildman–Crippen MR) is 117 cm³/mol. The summed E-state index contributed by atoms with van der Waals surface area (Å²) in [4.78, 5) is 14.9. The quantitative estimate of drug-likeness (QED) is 0.592. The van der Waals surface area contributed by atoms with Crippen LogP contribution in [0.5, 0.6) is 5.75 Å². The largest absolute Gasteiger partial charge is 0.491 e. The van der Waals surface area contributed by atoms with Crippen LogP contribution in [0.15, 0.2) is 53.1 Å². The summed E-state index contributed by atoms with van der Waals surface area (Å²) < 4.78 is 17.2. The standard InChI is InChI=1S/C25H28N2O4/c1-4-29-25(19-8-6-5-7-9-19)20-10-11-23-21(14-20)16-27(12-13-30-23)24(28)15-22-17(2)26-31-18(22)3/h5-11,14,25H,4,12-13,15-16H2,1-3H3. The van der Waals surface area contributed by atoms with Crippen LogP contribution in [0, 0.1) is 13.8 Å². The highest BCUT2D eigenvalue weighted by Gasteiger charge is 2.24. The SMILES string of the molecule is CCOC(c1ccccc1)c1ccc2c(c1)CN(C(=O)Cc1c(C)noc1C)CCO2. The molecule has 0 spiro atoms. The molecule has 1 aromatic heterocycles. The Morgan fingerprint density at radius 3 is 2.68 bits per heavy atom. The van der Waals surface area contributed by atoms with Crippen molar-refractivity contribution in [2.24, 2.45) is 0 Å². The lowest BCUT2D eigenvalue weighted by atomic mass is 9.98. The van der Waals surface area contributed by atoms with Crippen LogP contribution in [0.2, 0.25) is 0 Å². The monoisotopic (exact) mass is 420 g/mol. The molecule has 0 fully saturated rings. The summed E-state index contributed by atoms with van der Waals surface area (Å²) >= 11 is 0. The van der Waals surface area contributed by atoms with Gasteiger partial charge in [-0.1, -0.05) is 41.6 Å². The van der Waals surface area contributed by atoms with Gasteiger partial charge < -0.3 is 18.9 Å². The summed E-state index contributed by atoms with van der Waals surface area (Å²) in [7, 11) is 0. The van der Waals surface area contributed by atoms with E-state index in [0.29, 0.717) is 32.1 Å².